The third-order valence-corrected chi connectivity index (χ3v) is 4.09. The number of nitrogens with zero attached hydrogens (tertiary/aromatic N) is 4. The van der Waals surface area contributed by atoms with Crippen LogP contribution < -0.4 is 13.9 Å². The highest BCUT2D eigenvalue weighted by molar-refractivity contribution is 6.39. The van der Waals surface area contributed by atoms with Crippen molar-refractivity contribution in [1.82, 2.24) is 0 Å². The van der Waals surface area contributed by atoms with Gasteiger partial charge < -0.3 is 9.47 Å². The Labute approximate surface area is 171 Å². The molecule has 0 radical (unpaired) electrons. The van der Waals surface area contributed by atoms with Crippen molar-refractivity contribution in [3.8, 4) is 11.5 Å². The number of ether oxygens (including phenoxy) is 2. The average molecular weight is 421 g/mol. The predicted octanol–water partition coefficient (Wildman–Crippen LogP) is 3.84. The molecule has 0 bridgehead atoms. The van der Waals surface area contributed by atoms with Crippen molar-refractivity contribution in [2.24, 2.45) is 10.2 Å². The Balaban J connectivity index is 2.33. The first-order chi connectivity index (χ1) is 13.8. The van der Waals surface area contributed by atoms with Crippen molar-refractivity contribution < 1.29 is 24.0 Å². The van der Waals surface area contributed by atoms with Crippen LogP contribution >= 0.6 is 11.8 Å². The zero-order chi connectivity index (χ0) is 21.6. The molecule has 1 atom stereocenters. The van der Waals surface area contributed by atoms with Gasteiger partial charge in [0.25, 0.3) is 11.6 Å². The van der Waals surface area contributed by atoms with Gasteiger partial charge in [-0.05, 0) is 25.1 Å². The molecular weight excluding hydrogens is 404 g/mol. The highest BCUT2D eigenvalue weighted by atomic mass is 35.5. The number of halogens is 1. The first-order valence-electron chi connectivity index (χ1n) is 8.16. The Kier molecular flexibility index (Phi) is 7.21. The highest BCUT2D eigenvalue weighted by Crippen LogP contribution is 2.34. The number of Topliss-reactive ketones (excluding diaryl/α,β-unsaturated/α-hetero) is 1. The van der Waals surface area contributed by atoms with Crippen LogP contribution in [0.2, 0.25) is 0 Å². The van der Waals surface area contributed by atoms with Crippen LogP contribution in [0, 0.1) is 10.1 Å². The number of nitro benzene ring substituents is 1. The van der Waals surface area contributed by atoms with E-state index in [1.807, 2.05) is 0 Å². The van der Waals surface area contributed by atoms with Crippen LogP contribution in [-0.4, -0.2) is 36.9 Å². The second kappa shape index (κ2) is 9.60. The molecule has 10 nitrogen and oxygen atoms in total. The minimum Gasteiger partial charge on any atom is -0.497 e. The van der Waals surface area contributed by atoms with Crippen LogP contribution in [0.1, 0.15) is 6.92 Å². The van der Waals surface area contributed by atoms with Gasteiger partial charge in [0.05, 0.1) is 24.8 Å². The Morgan fingerprint density at radius 2 is 1.90 bits per heavy atom. The fourth-order valence-electron chi connectivity index (χ4n) is 2.27. The van der Waals surface area contributed by atoms with E-state index in [2.05, 4.69) is 10.2 Å². The van der Waals surface area contributed by atoms with Crippen LogP contribution in [0.3, 0.4) is 0 Å². The van der Waals surface area contributed by atoms with Crippen molar-refractivity contribution in [2.75, 3.05) is 18.6 Å². The molecule has 0 aliphatic heterocycles. The summed E-state index contributed by atoms with van der Waals surface area (Å²) in [6, 6.07) is 8.36. The highest BCUT2D eigenvalue weighted by Gasteiger charge is 2.30. The van der Waals surface area contributed by atoms with E-state index in [9.17, 15) is 19.7 Å². The molecule has 11 heteroatoms. The minimum atomic E-state index is -1.55. The molecule has 0 heterocycles. The second-order valence-electron chi connectivity index (χ2n) is 5.66. The molecule has 29 heavy (non-hydrogen) atoms. The van der Waals surface area contributed by atoms with Crippen molar-refractivity contribution in [3.63, 3.8) is 0 Å². The molecule has 0 aromatic heterocycles. The number of hydrogen-bond donors (Lipinski definition) is 0. The van der Waals surface area contributed by atoms with Gasteiger partial charge in [0.2, 0.25) is 6.04 Å². The summed E-state index contributed by atoms with van der Waals surface area (Å²) in [5, 5.41) is 18.4. The number of carbonyl (C=O) groups excluding carboxylic acids is 2. The van der Waals surface area contributed by atoms with Gasteiger partial charge in [-0.1, -0.05) is 6.07 Å². The normalized spacial score (nSPS) is 11.7. The van der Waals surface area contributed by atoms with Gasteiger partial charge in [-0.15, -0.1) is 0 Å². The summed E-state index contributed by atoms with van der Waals surface area (Å²) in [4.78, 5) is 35.0. The van der Waals surface area contributed by atoms with Gasteiger partial charge in [-0.3, -0.25) is 19.7 Å². The number of ketones is 1. The van der Waals surface area contributed by atoms with Gasteiger partial charge in [-0.2, -0.15) is 10.2 Å². The molecule has 2 aromatic carbocycles. The SMILES string of the molecule is COc1ccc(OC)c(N(Cl)C(=O)C(N=Nc2cccc([N+](=O)[O-])c2)C(C)=O)c1. The molecule has 0 N–H and O–H groups in total. The maximum absolute atomic E-state index is 12.8. The molecule has 1 amide bonds. The van der Waals surface area contributed by atoms with Crippen molar-refractivity contribution in [3.05, 3.63) is 52.6 Å². The summed E-state index contributed by atoms with van der Waals surface area (Å²) in [5.74, 6) is -0.805. The molecule has 1 unspecified atom stereocenters. The number of nitro groups is 1. The molecule has 152 valence electrons. The number of azo groups is 1. The molecule has 0 saturated heterocycles. The summed E-state index contributed by atoms with van der Waals surface area (Å²) in [6.45, 7) is 1.16. The number of anilines is 1. The monoisotopic (exact) mass is 420 g/mol. The molecule has 2 aromatic rings. The number of carbonyl (C=O) groups is 2. The van der Waals surface area contributed by atoms with Gasteiger partial charge >= 0.3 is 0 Å². The first-order valence-corrected chi connectivity index (χ1v) is 8.49. The zero-order valence-corrected chi connectivity index (χ0v) is 16.5. The third kappa shape index (κ3) is 5.26. The van der Waals surface area contributed by atoms with Crippen LogP contribution in [-0.2, 0) is 9.59 Å². The Morgan fingerprint density at radius 3 is 2.48 bits per heavy atom. The van der Waals surface area contributed by atoms with Crippen LogP contribution in [0.15, 0.2) is 52.7 Å². The molecule has 0 spiro atoms. The summed E-state index contributed by atoms with van der Waals surface area (Å²) in [7, 11) is 2.84. The molecule has 0 aliphatic carbocycles. The number of hydrogen-bond acceptors (Lipinski definition) is 8. The average Bonchev–Trinajstić information content (AvgIpc) is 2.72. The summed E-state index contributed by atoms with van der Waals surface area (Å²) < 4.78 is 11.0. The number of rotatable bonds is 8. The van der Waals surface area contributed by atoms with Gasteiger partial charge in [0.15, 0.2) is 5.78 Å². The van der Waals surface area contributed by atoms with Crippen LogP contribution in [0.25, 0.3) is 0 Å². The van der Waals surface area contributed by atoms with Crippen LogP contribution in [0.5, 0.6) is 11.5 Å². The largest absolute Gasteiger partial charge is 0.497 e. The smallest absolute Gasteiger partial charge is 0.276 e. The summed E-state index contributed by atoms with van der Waals surface area (Å²) in [6.07, 6.45) is 0. The van der Waals surface area contributed by atoms with E-state index in [1.165, 1.54) is 38.5 Å². The molecule has 0 saturated carbocycles. The maximum atomic E-state index is 12.8. The third-order valence-electron chi connectivity index (χ3n) is 3.74. The Morgan fingerprint density at radius 1 is 1.17 bits per heavy atom. The van der Waals surface area contributed by atoms with Gasteiger partial charge in [0.1, 0.15) is 17.2 Å². The van der Waals surface area contributed by atoms with Gasteiger partial charge in [0, 0.05) is 30.0 Å². The topological polar surface area (TPSA) is 124 Å². The van der Waals surface area contributed by atoms with E-state index in [4.69, 9.17) is 21.3 Å². The number of benzene rings is 2. The molecule has 0 aliphatic rings. The number of methoxy groups -OCH3 is 2. The van der Waals surface area contributed by atoms with E-state index < -0.39 is 22.7 Å². The summed E-state index contributed by atoms with van der Waals surface area (Å²) >= 11 is 6.16. The lowest BCUT2D eigenvalue weighted by molar-refractivity contribution is -0.384. The van der Waals surface area contributed by atoms with E-state index in [0.29, 0.717) is 10.2 Å². The molecule has 0 fully saturated rings. The van der Waals surface area contributed by atoms with E-state index in [-0.39, 0.29) is 22.8 Å². The summed E-state index contributed by atoms with van der Waals surface area (Å²) in [5.41, 5.74) is 0.0564. The number of amides is 1. The second-order valence-corrected chi connectivity index (χ2v) is 6.00. The van der Waals surface area contributed by atoms with Crippen molar-refractivity contribution in [1.29, 1.82) is 0 Å². The Bertz CT molecular complexity index is 965. The first kappa shape index (κ1) is 21.8. The lowest BCUT2D eigenvalue weighted by Gasteiger charge is -2.19. The number of non-ortho nitro benzene ring substituents is 1. The van der Waals surface area contributed by atoms with E-state index in [1.54, 1.807) is 12.1 Å². The standard InChI is InChI=1S/C18H17ClN4O6/c1-11(24)17(21-20-12-5-4-6-13(9-12)23(26)27)18(25)22(19)15-10-14(28-2)7-8-16(15)29-3/h4-10,17H,1-3H3. The maximum Gasteiger partial charge on any atom is 0.276 e. The molecule has 2 rings (SSSR count). The lowest BCUT2D eigenvalue weighted by Crippen LogP contribution is -2.36. The molecular formula is C18H17ClN4O6. The lowest BCUT2D eigenvalue weighted by atomic mass is 10.2. The van der Waals surface area contributed by atoms with Crippen molar-refractivity contribution >= 4 is 40.5 Å². The van der Waals surface area contributed by atoms with Crippen molar-refractivity contribution in [2.45, 2.75) is 13.0 Å². The van der Waals surface area contributed by atoms with E-state index >= 15 is 0 Å². The fraction of sp³-hybridized carbons (Fsp3) is 0.222. The predicted molar refractivity (Wildman–Crippen MR) is 105 cm³/mol. The zero-order valence-electron chi connectivity index (χ0n) is 15.7. The minimum absolute atomic E-state index is 0.110. The fourth-order valence-corrected chi connectivity index (χ4v) is 2.50. The Hall–Kier alpha value is -3.53. The van der Waals surface area contributed by atoms with Gasteiger partial charge in [-0.25, -0.2) is 4.42 Å². The van der Waals surface area contributed by atoms with Crippen LogP contribution in [0.4, 0.5) is 17.1 Å². The quantitative estimate of drug-likeness (QED) is 0.210. The van der Waals surface area contributed by atoms with E-state index in [0.717, 1.165) is 13.0 Å².